The van der Waals surface area contributed by atoms with E-state index in [2.05, 4.69) is 9.97 Å². The molecule has 5 heteroatoms. The number of aromatic nitrogens is 2. The van der Waals surface area contributed by atoms with Crippen molar-refractivity contribution in [2.45, 2.75) is 0 Å². The molecule has 0 bridgehead atoms. The van der Waals surface area contributed by atoms with E-state index in [1.54, 1.807) is 18.3 Å². The highest BCUT2D eigenvalue weighted by atomic mass is 16.4. The number of nitrogens with zero attached hydrogens (tertiary/aromatic N) is 1. The molecule has 0 atom stereocenters. The number of hydrogen-bond acceptors (Lipinski definition) is 3. The van der Waals surface area contributed by atoms with Gasteiger partial charge in [-0.25, -0.2) is 9.78 Å². The maximum atomic E-state index is 10.6. The molecule has 0 aromatic carbocycles. The Labute approximate surface area is 73.0 Å². The minimum Gasteiger partial charge on any atom is -0.476 e. The molecule has 2 aromatic heterocycles. The SMILES string of the molecule is O=C(O)c1ncoc1-c1ccc[nH]1. The van der Waals surface area contributed by atoms with Crippen LogP contribution in [0.4, 0.5) is 0 Å². The predicted molar refractivity (Wildman–Crippen MR) is 43.2 cm³/mol. The highest BCUT2D eigenvalue weighted by Crippen LogP contribution is 2.20. The van der Waals surface area contributed by atoms with Gasteiger partial charge in [0.2, 0.25) is 0 Å². The van der Waals surface area contributed by atoms with Crippen LogP contribution in [-0.4, -0.2) is 21.0 Å². The molecule has 0 radical (unpaired) electrons. The summed E-state index contributed by atoms with van der Waals surface area (Å²) in [4.78, 5) is 17.1. The number of H-pyrrole nitrogens is 1. The fraction of sp³-hybridized carbons (Fsp3) is 0. The van der Waals surface area contributed by atoms with Crippen molar-refractivity contribution in [2.75, 3.05) is 0 Å². The van der Waals surface area contributed by atoms with Crippen LogP contribution in [-0.2, 0) is 0 Å². The Morgan fingerprint density at radius 3 is 3.08 bits per heavy atom. The Morgan fingerprint density at radius 1 is 1.62 bits per heavy atom. The number of nitrogens with one attached hydrogen (secondary N) is 1. The first-order chi connectivity index (χ1) is 6.29. The van der Waals surface area contributed by atoms with Crippen molar-refractivity contribution in [1.82, 2.24) is 9.97 Å². The summed E-state index contributed by atoms with van der Waals surface area (Å²) in [6.07, 6.45) is 2.79. The van der Waals surface area contributed by atoms with Gasteiger partial charge in [-0.05, 0) is 12.1 Å². The van der Waals surface area contributed by atoms with Crippen LogP contribution in [0.2, 0.25) is 0 Å². The average Bonchev–Trinajstić information content (AvgIpc) is 2.74. The summed E-state index contributed by atoms with van der Waals surface area (Å²) in [5.74, 6) is -0.851. The standard InChI is InChI=1S/C8H6N2O3/c11-8(12)6-7(13-4-10-6)5-2-1-3-9-5/h1-4,9H,(H,11,12). The first kappa shape index (κ1) is 7.60. The van der Waals surface area contributed by atoms with E-state index in [9.17, 15) is 4.79 Å². The van der Waals surface area contributed by atoms with Crippen molar-refractivity contribution in [2.24, 2.45) is 0 Å². The Morgan fingerprint density at radius 2 is 2.46 bits per heavy atom. The van der Waals surface area contributed by atoms with Gasteiger partial charge < -0.3 is 14.5 Å². The molecule has 2 heterocycles. The lowest BCUT2D eigenvalue weighted by atomic mass is 10.3. The first-order valence-electron chi connectivity index (χ1n) is 3.59. The van der Waals surface area contributed by atoms with Gasteiger partial charge in [-0.1, -0.05) is 0 Å². The van der Waals surface area contributed by atoms with Crippen LogP contribution >= 0.6 is 0 Å². The van der Waals surface area contributed by atoms with Crippen molar-refractivity contribution >= 4 is 5.97 Å². The highest BCUT2D eigenvalue weighted by molar-refractivity contribution is 5.91. The minimum atomic E-state index is -1.10. The summed E-state index contributed by atoms with van der Waals surface area (Å²) in [6, 6.07) is 3.47. The monoisotopic (exact) mass is 178 g/mol. The molecule has 2 rings (SSSR count). The van der Waals surface area contributed by atoms with Gasteiger partial charge in [-0.3, -0.25) is 0 Å². The zero-order chi connectivity index (χ0) is 9.26. The van der Waals surface area contributed by atoms with Gasteiger partial charge in [0.15, 0.2) is 17.8 Å². The average molecular weight is 178 g/mol. The lowest BCUT2D eigenvalue weighted by Gasteiger charge is -1.91. The Hall–Kier alpha value is -2.04. The number of oxazole rings is 1. The topological polar surface area (TPSA) is 79.1 Å². The lowest BCUT2D eigenvalue weighted by molar-refractivity contribution is 0.0691. The van der Waals surface area contributed by atoms with Crippen LogP contribution in [0.25, 0.3) is 11.5 Å². The zero-order valence-electron chi connectivity index (χ0n) is 6.52. The molecule has 0 saturated heterocycles. The molecule has 0 unspecified atom stereocenters. The molecule has 0 amide bonds. The molecular formula is C8H6N2O3. The maximum absolute atomic E-state index is 10.6. The largest absolute Gasteiger partial charge is 0.476 e. The number of rotatable bonds is 2. The number of carbonyl (C=O) groups is 1. The van der Waals surface area contributed by atoms with Crippen molar-refractivity contribution in [3.63, 3.8) is 0 Å². The highest BCUT2D eigenvalue weighted by Gasteiger charge is 2.17. The number of aromatic carboxylic acids is 1. The van der Waals surface area contributed by atoms with Crippen LogP contribution in [0.5, 0.6) is 0 Å². The molecule has 2 N–H and O–H groups in total. The molecule has 66 valence electrons. The van der Waals surface area contributed by atoms with E-state index < -0.39 is 5.97 Å². The van der Waals surface area contributed by atoms with Gasteiger partial charge in [0.25, 0.3) is 0 Å². The second-order valence-electron chi connectivity index (χ2n) is 2.42. The Kier molecular flexibility index (Phi) is 1.63. The van der Waals surface area contributed by atoms with Gasteiger partial charge in [0.1, 0.15) is 0 Å². The minimum absolute atomic E-state index is 0.0811. The second-order valence-corrected chi connectivity index (χ2v) is 2.42. The van der Waals surface area contributed by atoms with Crippen molar-refractivity contribution in [3.05, 3.63) is 30.4 Å². The van der Waals surface area contributed by atoms with Crippen LogP contribution in [0.1, 0.15) is 10.5 Å². The molecule has 0 aliphatic carbocycles. The van der Waals surface area contributed by atoms with Gasteiger partial charge in [-0.15, -0.1) is 0 Å². The molecule has 0 fully saturated rings. The third kappa shape index (κ3) is 1.20. The Bertz CT molecular complexity index is 416. The number of carboxylic acids is 1. The summed E-state index contributed by atoms with van der Waals surface area (Å²) in [7, 11) is 0. The first-order valence-corrected chi connectivity index (χ1v) is 3.59. The van der Waals surface area contributed by atoms with Crippen LogP contribution in [0.15, 0.2) is 29.1 Å². The molecule has 2 aromatic rings. The normalized spacial score (nSPS) is 10.2. The Balaban J connectivity index is 2.52. The summed E-state index contributed by atoms with van der Waals surface area (Å²) >= 11 is 0. The van der Waals surface area contributed by atoms with Gasteiger partial charge in [0.05, 0.1) is 5.69 Å². The van der Waals surface area contributed by atoms with Crippen LogP contribution in [0.3, 0.4) is 0 Å². The molecule has 5 nitrogen and oxygen atoms in total. The molecule has 0 saturated carbocycles. The number of hydrogen-bond donors (Lipinski definition) is 2. The summed E-state index contributed by atoms with van der Waals surface area (Å²) in [5.41, 5.74) is 0.525. The molecule has 13 heavy (non-hydrogen) atoms. The van der Waals surface area contributed by atoms with Crippen LogP contribution < -0.4 is 0 Å². The van der Waals surface area contributed by atoms with Gasteiger partial charge >= 0.3 is 5.97 Å². The second kappa shape index (κ2) is 2.78. The van der Waals surface area contributed by atoms with E-state index in [0.29, 0.717) is 5.69 Å². The summed E-state index contributed by atoms with van der Waals surface area (Å²) < 4.78 is 4.95. The van der Waals surface area contributed by atoms with Crippen molar-refractivity contribution < 1.29 is 14.3 Å². The van der Waals surface area contributed by atoms with E-state index in [1.165, 1.54) is 0 Å². The summed E-state index contributed by atoms with van der Waals surface area (Å²) in [6.45, 7) is 0. The zero-order valence-corrected chi connectivity index (χ0v) is 6.52. The van der Waals surface area contributed by atoms with Gasteiger partial charge in [-0.2, -0.15) is 0 Å². The lowest BCUT2D eigenvalue weighted by Crippen LogP contribution is -1.98. The third-order valence-corrected chi connectivity index (χ3v) is 1.61. The van der Waals surface area contributed by atoms with E-state index in [4.69, 9.17) is 9.52 Å². The van der Waals surface area contributed by atoms with E-state index in [1.807, 2.05) is 0 Å². The fourth-order valence-electron chi connectivity index (χ4n) is 1.06. The van der Waals surface area contributed by atoms with Crippen molar-refractivity contribution in [1.29, 1.82) is 0 Å². The molecule has 0 aliphatic rings. The van der Waals surface area contributed by atoms with Crippen LogP contribution in [0, 0.1) is 0 Å². The third-order valence-electron chi connectivity index (χ3n) is 1.61. The predicted octanol–water partition coefficient (Wildman–Crippen LogP) is 1.37. The quantitative estimate of drug-likeness (QED) is 0.727. The maximum Gasteiger partial charge on any atom is 0.358 e. The fourth-order valence-corrected chi connectivity index (χ4v) is 1.06. The number of aromatic amines is 1. The van der Waals surface area contributed by atoms with E-state index in [0.717, 1.165) is 6.39 Å². The summed E-state index contributed by atoms with van der Waals surface area (Å²) in [5, 5.41) is 8.72. The van der Waals surface area contributed by atoms with E-state index >= 15 is 0 Å². The number of carboxylic acid groups (broad SMARTS) is 1. The molecule has 0 aliphatic heterocycles. The van der Waals surface area contributed by atoms with Crippen molar-refractivity contribution in [3.8, 4) is 11.5 Å². The molecule has 0 spiro atoms. The molecular weight excluding hydrogens is 172 g/mol. The van der Waals surface area contributed by atoms with Gasteiger partial charge in [0, 0.05) is 6.20 Å². The smallest absolute Gasteiger partial charge is 0.358 e. The van der Waals surface area contributed by atoms with E-state index in [-0.39, 0.29) is 11.5 Å².